The van der Waals surface area contributed by atoms with Gasteiger partial charge in [-0.25, -0.2) is 4.79 Å². The Bertz CT molecular complexity index is 478. The summed E-state index contributed by atoms with van der Waals surface area (Å²) < 4.78 is 5.97. The largest absolute Gasteiger partial charge is 0.479 e. The van der Waals surface area contributed by atoms with Crippen molar-refractivity contribution in [3.8, 4) is 0 Å². The summed E-state index contributed by atoms with van der Waals surface area (Å²) in [5, 5.41) is 11.3. The highest BCUT2D eigenvalue weighted by Gasteiger charge is 2.17. The second kappa shape index (κ2) is 8.46. The topological polar surface area (TPSA) is 75.6 Å². The van der Waals surface area contributed by atoms with Gasteiger partial charge in [-0.15, -0.1) is 11.3 Å². The van der Waals surface area contributed by atoms with E-state index in [4.69, 9.17) is 33.0 Å². The molecule has 8 heteroatoms. The van der Waals surface area contributed by atoms with E-state index in [-0.39, 0.29) is 12.5 Å². The Balaban J connectivity index is 2.26. The van der Waals surface area contributed by atoms with Gasteiger partial charge in [-0.2, -0.15) is 0 Å². The van der Waals surface area contributed by atoms with Crippen LogP contribution in [0.5, 0.6) is 0 Å². The molecule has 1 unspecified atom stereocenters. The van der Waals surface area contributed by atoms with E-state index in [1.54, 1.807) is 6.07 Å². The van der Waals surface area contributed by atoms with Crippen LogP contribution in [0.15, 0.2) is 6.07 Å². The zero-order chi connectivity index (χ0) is 15.1. The number of hydrogen-bond acceptors (Lipinski definition) is 4. The van der Waals surface area contributed by atoms with Crippen molar-refractivity contribution < 1.29 is 19.4 Å². The minimum atomic E-state index is -1.10. The summed E-state index contributed by atoms with van der Waals surface area (Å²) in [5.74, 6) is -1.32. The number of carbonyl (C=O) groups is 2. The number of aryl methyl sites for hydroxylation is 1. The summed E-state index contributed by atoms with van der Waals surface area (Å²) in [5.41, 5.74) is 0.926. The molecule has 0 spiro atoms. The Morgan fingerprint density at radius 3 is 2.70 bits per heavy atom. The predicted molar refractivity (Wildman–Crippen MR) is 78.7 cm³/mol. The molecule has 2 N–H and O–H groups in total. The van der Waals surface area contributed by atoms with Crippen molar-refractivity contribution in [3.63, 3.8) is 0 Å². The van der Waals surface area contributed by atoms with Crippen molar-refractivity contribution >= 4 is 46.4 Å². The lowest BCUT2D eigenvalue weighted by molar-refractivity contribution is -0.148. The lowest BCUT2D eigenvalue weighted by Gasteiger charge is -2.11. The highest BCUT2D eigenvalue weighted by molar-refractivity contribution is 7.20. The molecular formula is C12H15Cl2NO4S. The first kappa shape index (κ1) is 17.2. The van der Waals surface area contributed by atoms with E-state index in [9.17, 15) is 9.59 Å². The van der Waals surface area contributed by atoms with Crippen LogP contribution >= 0.6 is 34.5 Å². The van der Waals surface area contributed by atoms with Gasteiger partial charge in [0.15, 0.2) is 6.10 Å². The third-order valence-corrected chi connectivity index (χ3v) is 4.19. The van der Waals surface area contributed by atoms with Gasteiger partial charge in [0, 0.05) is 13.5 Å². The van der Waals surface area contributed by atoms with Crippen LogP contribution in [0.3, 0.4) is 0 Å². The molecule has 1 heterocycles. The van der Waals surface area contributed by atoms with E-state index in [1.165, 1.54) is 18.4 Å². The molecule has 0 bridgehead atoms. The quantitative estimate of drug-likeness (QED) is 0.763. The van der Waals surface area contributed by atoms with Crippen LogP contribution in [0, 0.1) is 0 Å². The van der Waals surface area contributed by atoms with Gasteiger partial charge in [-0.3, -0.25) is 4.79 Å². The third kappa shape index (κ3) is 5.66. The molecule has 112 valence electrons. The number of hydrogen-bond donors (Lipinski definition) is 2. The number of aliphatic carboxylic acids is 1. The van der Waals surface area contributed by atoms with Crippen molar-refractivity contribution in [2.75, 3.05) is 13.7 Å². The summed E-state index contributed by atoms with van der Waals surface area (Å²) in [7, 11) is 1.28. The average Bonchev–Trinajstić information content (AvgIpc) is 2.68. The Labute approximate surface area is 130 Å². The molecule has 0 aromatic carbocycles. The Hall–Kier alpha value is -0.820. The molecule has 0 saturated heterocycles. The molecule has 1 aromatic heterocycles. The van der Waals surface area contributed by atoms with Crippen molar-refractivity contribution in [1.82, 2.24) is 5.32 Å². The number of rotatable bonds is 8. The summed E-state index contributed by atoms with van der Waals surface area (Å²) in [6, 6.07) is 1.79. The number of methoxy groups -OCH3 is 1. The lowest BCUT2D eigenvalue weighted by Crippen LogP contribution is -2.37. The van der Waals surface area contributed by atoms with Gasteiger partial charge in [-0.1, -0.05) is 23.2 Å². The number of amides is 1. The van der Waals surface area contributed by atoms with E-state index in [1.807, 2.05) is 0 Å². The van der Waals surface area contributed by atoms with Crippen LogP contribution in [0.25, 0.3) is 0 Å². The maximum atomic E-state index is 11.6. The number of nitrogens with one attached hydrogen (secondary N) is 1. The molecule has 1 rings (SSSR count). The summed E-state index contributed by atoms with van der Waals surface area (Å²) in [6.07, 6.45) is 0.537. The number of ether oxygens (including phenoxy) is 1. The molecule has 5 nitrogen and oxygen atoms in total. The molecular weight excluding hydrogens is 325 g/mol. The molecule has 20 heavy (non-hydrogen) atoms. The maximum absolute atomic E-state index is 11.6. The smallest absolute Gasteiger partial charge is 0.334 e. The van der Waals surface area contributed by atoms with E-state index in [0.29, 0.717) is 27.9 Å². The summed E-state index contributed by atoms with van der Waals surface area (Å²) in [6.45, 7) is -0.0459. The van der Waals surface area contributed by atoms with Gasteiger partial charge in [0.2, 0.25) is 5.91 Å². The zero-order valence-corrected chi connectivity index (χ0v) is 13.1. The van der Waals surface area contributed by atoms with Gasteiger partial charge in [0.25, 0.3) is 0 Å². The SMILES string of the molecule is COC(CNC(=O)CCCc1cc(Cl)sc1Cl)C(=O)O. The molecule has 0 aliphatic heterocycles. The second-order valence-corrected chi connectivity index (χ2v) is 6.36. The fourth-order valence-electron chi connectivity index (χ4n) is 1.55. The van der Waals surface area contributed by atoms with E-state index < -0.39 is 12.1 Å². The molecule has 0 saturated carbocycles. The predicted octanol–water partition coefficient (Wildman–Crippen LogP) is 2.59. The minimum absolute atomic E-state index is 0.0459. The van der Waals surface area contributed by atoms with Crippen LogP contribution in [-0.4, -0.2) is 36.7 Å². The first-order chi connectivity index (χ1) is 9.43. The first-order valence-corrected chi connectivity index (χ1v) is 7.47. The van der Waals surface area contributed by atoms with Crippen molar-refractivity contribution in [2.45, 2.75) is 25.4 Å². The number of carbonyl (C=O) groups excluding carboxylic acids is 1. The monoisotopic (exact) mass is 339 g/mol. The summed E-state index contributed by atoms with van der Waals surface area (Å²) >= 11 is 13.1. The van der Waals surface area contributed by atoms with Crippen LogP contribution in [-0.2, 0) is 20.7 Å². The van der Waals surface area contributed by atoms with Crippen LogP contribution in [0.1, 0.15) is 18.4 Å². The molecule has 1 atom stereocenters. The maximum Gasteiger partial charge on any atom is 0.334 e. The van der Waals surface area contributed by atoms with Crippen LogP contribution in [0.4, 0.5) is 0 Å². The molecule has 0 aliphatic rings. The second-order valence-electron chi connectivity index (χ2n) is 4.07. The Morgan fingerprint density at radius 1 is 1.50 bits per heavy atom. The number of carboxylic acids is 1. The van der Waals surface area contributed by atoms with E-state index in [2.05, 4.69) is 5.32 Å². The van der Waals surface area contributed by atoms with Crippen molar-refractivity contribution in [2.24, 2.45) is 0 Å². The zero-order valence-electron chi connectivity index (χ0n) is 10.8. The Kier molecular flexibility index (Phi) is 7.29. The molecule has 0 fully saturated rings. The normalized spacial score (nSPS) is 12.2. The number of carboxylic acid groups (broad SMARTS) is 1. The third-order valence-electron chi connectivity index (χ3n) is 2.62. The molecule has 0 radical (unpaired) electrons. The van der Waals surface area contributed by atoms with Gasteiger partial charge in [-0.05, 0) is 24.5 Å². The first-order valence-electron chi connectivity index (χ1n) is 5.90. The molecule has 0 aliphatic carbocycles. The lowest BCUT2D eigenvalue weighted by atomic mass is 10.1. The summed E-state index contributed by atoms with van der Waals surface area (Å²) in [4.78, 5) is 22.2. The van der Waals surface area contributed by atoms with Gasteiger partial charge in [0.05, 0.1) is 15.2 Å². The molecule has 1 amide bonds. The van der Waals surface area contributed by atoms with E-state index >= 15 is 0 Å². The standard InChI is InChI=1S/C12H15Cl2NO4S/c1-19-8(12(17)18)6-15-10(16)4-2-3-7-5-9(13)20-11(7)14/h5,8H,2-4,6H2,1H3,(H,15,16)(H,17,18). The average molecular weight is 340 g/mol. The Morgan fingerprint density at radius 2 is 2.20 bits per heavy atom. The van der Waals surface area contributed by atoms with Crippen molar-refractivity contribution in [1.29, 1.82) is 0 Å². The van der Waals surface area contributed by atoms with Crippen LogP contribution < -0.4 is 5.32 Å². The number of thiophene rings is 1. The molecule has 1 aromatic rings. The van der Waals surface area contributed by atoms with Gasteiger partial charge >= 0.3 is 5.97 Å². The number of halogens is 2. The van der Waals surface area contributed by atoms with Gasteiger partial charge < -0.3 is 15.2 Å². The van der Waals surface area contributed by atoms with Gasteiger partial charge in [0.1, 0.15) is 0 Å². The highest BCUT2D eigenvalue weighted by atomic mass is 35.5. The van der Waals surface area contributed by atoms with E-state index in [0.717, 1.165) is 5.56 Å². The van der Waals surface area contributed by atoms with Crippen molar-refractivity contribution in [3.05, 3.63) is 20.3 Å². The fourth-order valence-corrected chi connectivity index (χ4v) is 3.10. The minimum Gasteiger partial charge on any atom is -0.479 e. The van der Waals surface area contributed by atoms with Crippen LogP contribution in [0.2, 0.25) is 8.67 Å². The fraction of sp³-hybridized carbons (Fsp3) is 0.500. The highest BCUT2D eigenvalue weighted by Crippen LogP contribution is 2.31.